The third-order valence-electron chi connectivity index (χ3n) is 5.51. The van der Waals surface area contributed by atoms with E-state index in [0.29, 0.717) is 26.1 Å². The third-order valence-corrected chi connectivity index (χ3v) is 7.55. The van der Waals surface area contributed by atoms with Crippen LogP contribution in [0.25, 0.3) is 0 Å². The first-order valence-electron chi connectivity index (χ1n) is 9.69. The Kier molecular flexibility index (Phi) is 6.73. The van der Waals surface area contributed by atoms with Gasteiger partial charge < -0.3 is 10.2 Å². The lowest BCUT2D eigenvalue weighted by Crippen LogP contribution is -2.51. The second kappa shape index (κ2) is 8.50. The molecule has 154 valence electrons. The highest BCUT2D eigenvalue weighted by Gasteiger charge is 2.32. The number of rotatable bonds is 8. The van der Waals surface area contributed by atoms with Gasteiger partial charge in [0.15, 0.2) is 0 Å². The van der Waals surface area contributed by atoms with Gasteiger partial charge in [0.1, 0.15) is 5.54 Å². The van der Waals surface area contributed by atoms with E-state index in [1.54, 1.807) is 25.1 Å². The van der Waals surface area contributed by atoms with Crippen molar-refractivity contribution in [1.82, 2.24) is 9.62 Å². The fourth-order valence-corrected chi connectivity index (χ4v) is 4.80. The average molecular weight is 407 g/mol. The molecule has 7 nitrogen and oxygen atoms in total. The van der Waals surface area contributed by atoms with E-state index in [2.05, 4.69) is 11.4 Å². The second-order valence-electron chi connectivity index (χ2n) is 7.57. The summed E-state index contributed by atoms with van der Waals surface area (Å²) in [6.45, 7) is 10.8. The standard InChI is InChI=1S/C20H30N4O3S/c1-6-24(7-2)28(26,27)17-8-9-18-16(12-17)10-11-23(18)13-19(25)22-20(5,14-21)15(3)4/h8-9,12,15H,6-7,10-11,13H2,1-5H3,(H,22,25). The number of carbonyl (C=O) groups is 1. The summed E-state index contributed by atoms with van der Waals surface area (Å²) in [5, 5.41) is 12.2. The van der Waals surface area contributed by atoms with E-state index in [4.69, 9.17) is 0 Å². The molecular formula is C20H30N4O3S. The number of amides is 1. The van der Waals surface area contributed by atoms with Gasteiger partial charge in [0.05, 0.1) is 17.5 Å². The number of anilines is 1. The van der Waals surface area contributed by atoms with Gasteiger partial charge in [0, 0.05) is 25.3 Å². The average Bonchev–Trinajstić information content (AvgIpc) is 3.04. The third kappa shape index (κ3) is 4.31. The van der Waals surface area contributed by atoms with Crippen molar-refractivity contribution < 1.29 is 13.2 Å². The van der Waals surface area contributed by atoms with E-state index in [0.717, 1.165) is 11.3 Å². The van der Waals surface area contributed by atoms with E-state index >= 15 is 0 Å². The lowest BCUT2D eigenvalue weighted by Gasteiger charge is -2.29. The first kappa shape index (κ1) is 22.2. The summed E-state index contributed by atoms with van der Waals surface area (Å²) in [6.07, 6.45) is 0.684. The SMILES string of the molecule is CCN(CC)S(=O)(=O)c1ccc2c(c1)CCN2CC(=O)NC(C)(C#N)C(C)C. The summed E-state index contributed by atoms with van der Waals surface area (Å²) in [5.74, 6) is -0.231. The molecule has 0 aliphatic carbocycles. The smallest absolute Gasteiger partial charge is 0.243 e. The number of carbonyl (C=O) groups excluding carboxylic acids is 1. The van der Waals surface area contributed by atoms with Crippen molar-refractivity contribution in [1.29, 1.82) is 5.26 Å². The molecule has 1 atom stereocenters. The van der Waals surface area contributed by atoms with Crippen LogP contribution >= 0.6 is 0 Å². The Labute approximate surface area is 168 Å². The molecular weight excluding hydrogens is 376 g/mol. The molecule has 28 heavy (non-hydrogen) atoms. The highest BCUT2D eigenvalue weighted by molar-refractivity contribution is 7.89. The second-order valence-corrected chi connectivity index (χ2v) is 9.51. The van der Waals surface area contributed by atoms with Crippen molar-refractivity contribution in [3.05, 3.63) is 23.8 Å². The molecule has 1 amide bonds. The molecule has 0 radical (unpaired) electrons. The molecule has 8 heteroatoms. The Balaban J connectivity index is 2.18. The van der Waals surface area contributed by atoms with E-state index in [-0.39, 0.29) is 23.3 Å². The molecule has 0 aromatic heterocycles. The maximum Gasteiger partial charge on any atom is 0.243 e. The summed E-state index contributed by atoms with van der Waals surface area (Å²) < 4.78 is 26.9. The van der Waals surface area contributed by atoms with Crippen LogP contribution in [0.4, 0.5) is 5.69 Å². The van der Waals surface area contributed by atoms with Gasteiger partial charge >= 0.3 is 0 Å². The van der Waals surface area contributed by atoms with Crippen molar-refractivity contribution in [2.45, 2.75) is 51.5 Å². The van der Waals surface area contributed by atoms with E-state index in [1.165, 1.54) is 4.31 Å². The predicted octanol–water partition coefficient (Wildman–Crippen LogP) is 2.13. The number of hydrogen-bond acceptors (Lipinski definition) is 5. The summed E-state index contributed by atoms with van der Waals surface area (Å²) in [6, 6.07) is 7.28. The Morgan fingerprint density at radius 1 is 1.36 bits per heavy atom. The number of benzene rings is 1. The van der Waals surface area contributed by atoms with Crippen LogP contribution in [0.5, 0.6) is 0 Å². The normalized spacial score (nSPS) is 16.0. The molecule has 0 spiro atoms. The van der Waals surface area contributed by atoms with Gasteiger partial charge in [-0.15, -0.1) is 0 Å². The van der Waals surface area contributed by atoms with Gasteiger partial charge in [0.2, 0.25) is 15.9 Å². The number of nitriles is 1. The molecule has 1 aliphatic heterocycles. The Bertz CT molecular complexity index is 872. The van der Waals surface area contributed by atoms with Gasteiger partial charge in [-0.25, -0.2) is 8.42 Å². The van der Waals surface area contributed by atoms with Gasteiger partial charge in [-0.3, -0.25) is 4.79 Å². The van der Waals surface area contributed by atoms with Crippen molar-refractivity contribution >= 4 is 21.6 Å². The summed E-state index contributed by atoms with van der Waals surface area (Å²) in [4.78, 5) is 14.7. The number of nitrogens with one attached hydrogen (secondary N) is 1. The van der Waals surface area contributed by atoms with Crippen LogP contribution < -0.4 is 10.2 Å². The maximum atomic E-state index is 12.7. The Hall–Kier alpha value is -2.11. The van der Waals surface area contributed by atoms with Crippen LogP contribution in [0, 0.1) is 17.2 Å². The molecule has 0 saturated carbocycles. The molecule has 1 aliphatic rings. The topological polar surface area (TPSA) is 93.5 Å². The summed E-state index contributed by atoms with van der Waals surface area (Å²) in [7, 11) is -3.50. The molecule has 1 aromatic carbocycles. The highest BCUT2D eigenvalue weighted by Crippen LogP contribution is 2.31. The van der Waals surface area contributed by atoms with Crippen LogP contribution in [-0.2, 0) is 21.2 Å². The minimum Gasteiger partial charge on any atom is -0.362 e. The van der Waals surface area contributed by atoms with Crippen LogP contribution in [0.3, 0.4) is 0 Å². The van der Waals surface area contributed by atoms with Crippen LogP contribution in [-0.4, -0.2) is 50.3 Å². The zero-order valence-electron chi connectivity index (χ0n) is 17.3. The fraction of sp³-hybridized carbons (Fsp3) is 0.600. The lowest BCUT2D eigenvalue weighted by atomic mass is 9.90. The zero-order valence-corrected chi connectivity index (χ0v) is 18.1. The summed E-state index contributed by atoms with van der Waals surface area (Å²) in [5.41, 5.74) is 0.881. The number of sulfonamides is 1. The van der Waals surface area contributed by atoms with Crippen molar-refractivity contribution in [3.8, 4) is 6.07 Å². The predicted molar refractivity (Wildman–Crippen MR) is 109 cm³/mol. The van der Waals surface area contributed by atoms with Gasteiger partial charge in [-0.1, -0.05) is 27.7 Å². The van der Waals surface area contributed by atoms with E-state index in [1.807, 2.05) is 32.6 Å². The highest BCUT2D eigenvalue weighted by atomic mass is 32.2. The maximum absolute atomic E-state index is 12.7. The lowest BCUT2D eigenvalue weighted by molar-refractivity contribution is -0.121. The van der Waals surface area contributed by atoms with Crippen molar-refractivity contribution in [3.63, 3.8) is 0 Å². The molecule has 2 rings (SSSR count). The molecule has 1 unspecified atom stereocenters. The molecule has 0 bridgehead atoms. The fourth-order valence-electron chi connectivity index (χ4n) is 3.29. The van der Waals surface area contributed by atoms with Crippen LogP contribution in [0.15, 0.2) is 23.1 Å². The van der Waals surface area contributed by atoms with Crippen molar-refractivity contribution in [2.75, 3.05) is 31.1 Å². The minimum absolute atomic E-state index is 0.0137. The van der Waals surface area contributed by atoms with Gasteiger partial charge in [-0.05, 0) is 43.0 Å². The molecule has 0 saturated heterocycles. The first-order chi connectivity index (χ1) is 13.1. The van der Waals surface area contributed by atoms with Crippen LogP contribution in [0.2, 0.25) is 0 Å². The number of fused-ring (bicyclic) bond motifs is 1. The molecule has 1 heterocycles. The van der Waals surface area contributed by atoms with E-state index < -0.39 is 15.6 Å². The van der Waals surface area contributed by atoms with Gasteiger partial charge in [-0.2, -0.15) is 9.57 Å². The molecule has 1 N–H and O–H groups in total. The quantitative estimate of drug-likeness (QED) is 0.714. The Morgan fingerprint density at radius 2 is 2.00 bits per heavy atom. The summed E-state index contributed by atoms with van der Waals surface area (Å²) >= 11 is 0. The number of nitrogens with zero attached hydrogens (tertiary/aromatic N) is 3. The van der Waals surface area contributed by atoms with Crippen LogP contribution in [0.1, 0.15) is 40.2 Å². The first-order valence-corrected chi connectivity index (χ1v) is 11.1. The number of hydrogen-bond donors (Lipinski definition) is 1. The zero-order chi connectivity index (χ0) is 21.1. The monoisotopic (exact) mass is 406 g/mol. The molecule has 0 fully saturated rings. The molecule has 1 aromatic rings. The Morgan fingerprint density at radius 3 is 2.54 bits per heavy atom. The van der Waals surface area contributed by atoms with E-state index in [9.17, 15) is 18.5 Å². The minimum atomic E-state index is -3.50. The van der Waals surface area contributed by atoms with Crippen molar-refractivity contribution in [2.24, 2.45) is 5.92 Å². The largest absolute Gasteiger partial charge is 0.362 e. The van der Waals surface area contributed by atoms with Gasteiger partial charge in [0.25, 0.3) is 0 Å².